The molecule has 1 N–H and O–H groups in total. The lowest BCUT2D eigenvalue weighted by molar-refractivity contribution is 0.0636. The van der Waals surface area contributed by atoms with Crippen molar-refractivity contribution in [2.75, 3.05) is 50.6 Å². The Hall–Kier alpha value is -4.89. The Bertz CT molecular complexity index is 2590. The largest absolute Gasteiger partial charge is 0.461 e. The van der Waals surface area contributed by atoms with E-state index in [0.717, 1.165) is 36.8 Å². The summed E-state index contributed by atoms with van der Waals surface area (Å²) in [6, 6.07) is 5.86. The van der Waals surface area contributed by atoms with Gasteiger partial charge >= 0.3 is 12.1 Å². The van der Waals surface area contributed by atoms with Gasteiger partial charge in [0.2, 0.25) is 0 Å². The van der Waals surface area contributed by atoms with Crippen LogP contribution in [0.15, 0.2) is 18.2 Å². The number of aryl methyl sites for hydroxylation is 1. The summed E-state index contributed by atoms with van der Waals surface area (Å²) in [5.74, 6) is -1.69. The van der Waals surface area contributed by atoms with Crippen LogP contribution >= 0.6 is 34.5 Å². The number of hydrogen-bond acceptors (Lipinski definition) is 11. The van der Waals surface area contributed by atoms with Crippen LogP contribution < -0.4 is 15.0 Å². The van der Waals surface area contributed by atoms with E-state index in [9.17, 15) is 19.2 Å². The molecule has 3 aromatic heterocycles. The fraction of sp³-hybridized carbons (Fsp3) is 0.450. The van der Waals surface area contributed by atoms with Gasteiger partial charge in [-0.15, -0.1) is 11.3 Å². The number of thiophene rings is 1. The summed E-state index contributed by atoms with van der Waals surface area (Å²) in [6.07, 6.45) is 0.579. The van der Waals surface area contributed by atoms with Gasteiger partial charge in [0.25, 0.3) is 5.91 Å². The van der Waals surface area contributed by atoms with E-state index in [1.54, 1.807) is 39.5 Å². The molecule has 3 aliphatic heterocycles. The number of nitrogens with zero attached hydrogens (tertiary/aromatic N) is 8. The van der Waals surface area contributed by atoms with Crippen molar-refractivity contribution in [3.05, 3.63) is 56.8 Å². The molecule has 2 fully saturated rings. The number of hydrogen-bond donors (Lipinski definition) is 1. The van der Waals surface area contributed by atoms with Crippen molar-refractivity contribution < 1.29 is 32.2 Å². The summed E-state index contributed by atoms with van der Waals surface area (Å²) in [5.41, 5.74) is -1.12. The molecule has 5 aromatic rings. The number of carbonyl (C=O) groups excluding carboxylic acids is 2. The van der Waals surface area contributed by atoms with Crippen molar-refractivity contribution in [1.29, 1.82) is 5.26 Å². The molecule has 0 aliphatic carbocycles. The summed E-state index contributed by atoms with van der Waals surface area (Å²) in [6.45, 7) is 7.12. The van der Waals surface area contributed by atoms with E-state index in [0.29, 0.717) is 31.7 Å². The normalized spacial score (nSPS) is 19.4. The molecule has 0 saturated carbocycles. The van der Waals surface area contributed by atoms with E-state index in [4.69, 9.17) is 37.7 Å². The molecule has 2 saturated heterocycles. The third kappa shape index (κ3) is 7.38. The van der Waals surface area contributed by atoms with Crippen LogP contribution in [0.3, 0.4) is 0 Å². The Labute approximate surface area is 351 Å². The predicted octanol–water partition coefficient (Wildman–Crippen LogP) is 8.58. The third-order valence-corrected chi connectivity index (χ3v) is 12.7. The van der Waals surface area contributed by atoms with Crippen LogP contribution in [0.1, 0.15) is 68.2 Å². The maximum absolute atomic E-state index is 17.5. The molecule has 13 nitrogen and oxygen atoms in total. The molecule has 0 radical (unpaired) electrons. The SMILES string of the molecule is CN(C)C(=O)c1nn2c(c1Cl)CN(c1nc(OC[C@@]34CCCN3C[C@H](F)C4)nc3c(F)c(-c4ccc(F)c5sc(NC(=O)OC(C)(C)C)c(C#N)c45)c(Cl)cc13)CCC2. The second kappa shape index (κ2) is 15.3. The molecule has 0 unspecified atom stereocenters. The molecular weight excluding hydrogens is 830 g/mol. The Morgan fingerprint density at radius 3 is 2.66 bits per heavy atom. The number of rotatable bonds is 7. The number of halogens is 5. The third-order valence-electron chi connectivity index (χ3n) is 10.9. The van der Waals surface area contributed by atoms with Gasteiger partial charge in [0.05, 0.1) is 38.1 Å². The van der Waals surface area contributed by atoms with Crippen LogP contribution in [0.2, 0.25) is 10.0 Å². The maximum atomic E-state index is 17.5. The van der Waals surface area contributed by atoms with Crippen LogP contribution in [-0.2, 0) is 17.8 Å². The molecule has 310 valence electrons. The number of benzene rings is 2. The number of carbonyl (C=O) groups is 2. The number of amides is 2. The molecule has 19 heteroatoms. The van der Waals surface area contributed by atoms with E-state index in [1.165, 1.54) is 17.0 Å². The fourth-order valence-electron chi connectivity index (χ4n) is 8.34. The first-order chi connectivity index (χ1) is 28.0. The Morgan fingerprint density at radius 2 is 1.93 bits per heavy atom. The predicted molar refractivity (Wildman–Crippen MR) is 219 cm³/mol. The Kier molecular flexibility index (Phi) is 10.6. The maximum Gasteiger partial charge on any atom is 0.412 e. The number of anilines is 2. The van der Waals surface area contributed by atoms with Gasteiger partial charge in [0.1, 0.15) is 46.6 Å². The molecule has 2 atom stereocenters. The first-order valence-corrected chi connectivity index (χ1v) is 20.6. The van der Waals surface area contributed by atoms with Crippen LogP contribution in [-0.4, -0.2) is 99.2 Å². The van der Waals surface area contributed by atoms with Crippen molar-refractivity contribution in [3.63, 3.8) is 0 Å². The minimum Gasteiger partial charge on any atom is -0.461 e. The van der Waals surface area contributed by atoms with Crippen molar-refractivity contribution >= 4 is 78.3 Å². The average Bonchev–Trinajstić information content (AvgIpc) is 3.85. The zero-order chi connectivity index (χ0) is 42.1. The summed E-state index contributed by atoms with van der Waals surface area (Å²) in [5, 5.41) is 17.8. The molecule has 8 rings (SSSR count). The molecule has 2 aromatic carbocycles. The summed E-state index contributed by atoms with van der Waals surface area (Å²) < 4.78 is 61.1. The number of aromatic nitrogens is 4. The van der Waals surface area contributed by atoms with Crippen LogP contribution in [0.4, 0.5) is 28.8 Å². The van der Waals surface area contributed by atoms with E-state index < -0.39 is 35.0 Å². The molecular formula is C40H40Cl2F3N9O4S. The average molecular weight is 871 g/mol. The van der Waals surface area contributed by atoms with E-state index >= 15 is 8.78 Å². The van der Waals surface area contributed by atoms with Gasteiger partial charge in [-0.05, 0) is 64.3 Å². The lowest BCUT2D eigenvalue weighted by atomic mass is 9.95. The van der Waals surface area contributed by atoms with Crippen molar-refractivity contribution in [3.8, 4) is 23.2 Å². The standard InChI is InChI=1S/C40H40Cl2F3N9O4S/c1-39(2,3)58-38(56)49-35-23(16-46)27-21(8-9-25(44)33(27)59-35)28-24(41)14-22-31(30(28)45)47-37(57-19-40-10-6-12-53(40)17-20(43)15-40)48-34(22)52-11-7-13-54-26(18-52)29(42)32(50-54)36(55)51(4)5/h8-9,14,20H,6-7,10-13,15,17-19H2,1-5H3,(H,49,56)/t20-,40+/m1/s1. The molecule has 59 heavy (non-hydrogen) atoms. The second-order valence-electron chi connectivity index (χ2n) is 16.3. The van der Waals surface area contributed by atoms with Crippen molar-refractivity contribution in [2.24, 2.45) is 0 Å². The van der Waals surface area contributed by atoms with E-state index in [-0.39, 0.29) is 95.7 Å². The summed E-state index contributed by atoms with van der Waals surface area (Å²) in [7, 11) is 3.22. The zero-order valence-electron chi connectivity index (χ0n) is 32.9. The van der Waals surface area contributed by atoms with Gasteiger partial charge in [-0.2, -0.15) is 20.3 Å². The number of fused-ring (bicyclic) bond motifs is 4. The number of ether oxygens (including phenoxy) is 2. The monoisotopic (exact) mass is 869 g/mol. The van der Waals surface area contributed by atoms with Gasteiger partial charge in [0, 0.05) is 56.5 Å². The molecule has 2 amide bonds. The zero-order valence-corrected chi connectivity index (χ0v) is 35.2. The smallest absolute Gasteiger partial charge is 0.412 e. The fourth-order valence-corrected chi connectivity index (χ4v) is 9.98. The number of nitrogens with one attached hydrogen (secondary N) is 1. The summed E-state index contributed by atoms with van der Waals surface area (Å²) in [4.78, 5) is 40.5. The highest BCUT2D eigenvalue weighted by Gasteiger charge is 2.49. The van der Waals surface area contributed by atoms with Crippen molar-refractivity contribution in [1.82, 2.24) is 29.5 Å². The lowest BCUT2D eigenvalue weighted by Gasteiger charge is -2.31. The quantitative estimate of drug-likeness (QED) is 0.169. The van der Waals surface area contributed by atoms with Gasteiger partial charge in [0.15, 0.2) is 11.5 Å². The van der Waals surface area contributed by atoms with Crippen LogP contribution in [0.5, 0.6) is 6.01 Å². The van der Waals surface area contributed by atoms with E-state index in [1.807, 2.05) is 11.0 Å². The Morgan fingerprint density at radius 1 is 1.15 bits per heavy atom. The number of nitriles is 1. The highest BCUT2D eigenvalue weighted by atomic mass is 35.5. The minimum absolute atomic E-state index is 0.0120. The van der Waals surface area contributed by atoms with Gasteiger partial charge in [-0.25, -0.2) is 18.0 Å². The minimum atomic E-state index is -1.01. The van der Waals surface area contributed by atoms with Crippen LogP contribution in [0.25, 0.3) is 32.1 Å². The van der Waals surface area contributed by atoms with Gasteiger partial charge in [-0.1, -0.05) is 29.3 Å². The highest BCUT2D eigenvalue weighted by Crippen LogP contribution is 2.47. The van der Waals surface area contributed by atoms with Crippen molar-refractivity contribution in [2.45, 2.75) is 76.9 Å². The summed E-state index contributed by atoms with van der Waals surface area (Å²) >= 11 is 14.6. The number of alkyl halides is 1. The molecule has 0 spiro atoms. The van der Waals surface area contributed by atoms with Gasteiger partial charge < -0.3 is 19.3 Å². The topological polar surface area (TPSA) is 142 Å². The molecule has 3 aliphatic rings. The molecule has 0 bridgehead atoms. The van der Waals surface area contributed by atoms with Crippen LogP contribution in [0, 0.1) is 23.0 Å². The molecule has 6 heterocycles. The Balaban J connectivity index is 1.27. The first-order valence-electron chi connectivity index (χ1n) is 19.1. The lowest BCUT2D eigenvalue weighted by Crippen LogP contribution is -2.43. The van der Waals surface area contributed by atoms with Gasteiger partial charge in [-0.3, -0.25) is 19.7 Å². The first kappa shape index (κ1) is 40.9. The second-order valence-corrected chi connectivity index (χ2v) is 18.1. The highest BCUT2D eigenvalue weighted by molar-refractivity contribution is 7.23. The van der Waals surface area contributed by atoms with E-state index in [2.05, 4.69) is 20.3 Å².